The molecule has 0 bridgehead atoms. The first-order valence-electron chi connectivity index (χ1n) is 11.3. The molecule has 0 aliphatic carbocycles. The van der Waals surface area contributed by atoms with Crippen LogP contribution < -0.4 is 11.2 Å². The summed E-state index contributed by atoms with van der Waals surface area (Å²) in [6.07, 6.45) is -3.56. The quantitative estimate of drug-likeness (QED) is 0.302. The molecule has 4 rings (SSSR count). The van der Waals surface area contributed by atoms with Crippen LogP contribution in [0, 0.1) is 11.3 Å². The minimum Gasteiger partial charge on any atom is -0.459 e. The van der Waals surface area contributed by atoms with E-state index < -0.39 is 63.9 Å². The lowest BCUT2D eigenvalue weighted by Gasteiger charge is -2.29. The number of benzene rings is 2. The van der Waals surface area contributed by atoms with Crippen LogP contribution in [0.25, 0.3) is 0 Å². The van der Waals surface area contributed by atoms with Crippen molar-refractivity contribution in [2.75, 3.05) is 12.9 Å². The number of esters is 2. The third-order valence-corrected chi connectivity index (χ3v) is 6.20. The molecule has 3 aromatic rings. The predicted octanol–water partition coefficient (Wildman–Crippen LogP) is 0.539. The summed E-state index contributed by atoms with van der Waals surface area (Å²) in [5.41, 5.74) is -4.26. The molecule has 0 saturated carbocycles. The minimum absolute atomic E-state index is 0.0753. The van der Waals surface area contributed by atoms with Crippen LogP contribution in [0.4, 0.5) is 0 Å². The van der Waals surface area contributed by atoms with E-state index in [0.717, 1.165) is 12.3 Å². The Morgan fingerprint density at radius 3 is 2.15 bits per heavy atom. The SMILES string of the molecule is CS(=O)(=O)O[C@@H]1[C@H](OC(=O)c2ccccc2)[C@@H](COC(=O)c2ccccc2)O[C@@]1(C#N)n1ccc(=O)[nH]c1=O. The lowest BCUT2D eigenvalue weighted by Crippen LogP contribution is -2.52. The van der Waals surface area contributed by atoms with Crippen LogP contribution in [0.5, 0.6) is 0 Å². The highest BCUT2D eigenvalue weighted by Crippen LogP contribution is 2.39. The van der Waals surface area contributed by atoms with Gasteiger partial charge in [-0.15, -0.1) is 0 Å². The first-order chi connectivity index (χ1) is 18.5. The normalized spacial score (nSPS) is 22.5. The second-order valence-electron chi connectivity index (χ2n) is 8.37. The van der Waals surface area contributed by atoms with Crippen molar-refractivity contribution in [3.63, 3.8) is 0 Å². The summed E-state index contributed by atoms with van der Waals surface area (Å²) in [6.45, 7) is -0.633. The van der Waals surface area contributed by atoms with Crippen molar-refractivity contribution in [2.24, 2.45) is 0 Å². The molecule has 13 nitrogen and oxygen atoms in total. The summed E-state index contributed by atoms with van der Waals surface area (Å²) >= 11 is 0. The molecule has 2 aromatic carbocycles. The summed E-state index contributed by atoms with van der Waals surface area (Å²) in [5, 5.41) is 10.2. The molecule has 202 valence electrons. The fourth-order valence-corrected chi connectivity index (χ4v) is 4.57. The van der Waals surface area contributed by atoms with E-state index in [2.05, 4.69) is 0 Å². The number of rotatable bonds is 8. The second kappa shape index (κ2) is 11.0. The van der Waals surface area contributed by atoms with E-state index in [-0.39, 0.29) is 11.1 Å². The van der Waals surface area contributed by atoms with Gasteiger partial charge in [-0.05, 0) is 24.3 Å². The van der Waals surface area contributed by atoms with Crippen LogP contribution in [0.3, 0.4) is 0 Å². The molecular formula is C25H21N3O10S. The zero-order valence-corrected chi connectivity index (χ0v) is 21.1. The Kier molecular flexibility index (Phi) is 7.77. The lowest BCUT2D eigenvalue weighted by atomic mass is 10.0. The van der Waals surface area contributed by atoms with Crippen molar-refractivity contribution in [3.05, 3.63) is 105 Å². The van der Waals surface area contributed by atoms with E-state index in [0.29, 0.717) is 10.8 Å². The molecule has 1 N–H and O–H groups in total. The predicted molar refractivity (Wildman–Crippen MR) is 132 cm³/mol. The summed E-state index contributed by atoms with van der Waals surface area (Å²) in [4.78, 5) is 51.9. The standard InChI is InChI=1S/C25H21N3O10S/c1-39(33,34)38-21-20(36-23(31)17-10-6-3-7-11-17)18(14-35-22(30)16-8-4-2-5-9-16)37-25(21,15-26)28-13-12-19(29)27-24(28)32/h2-13,18,20-21H,14H2,1H3,(H,27,29,32)/t18-,20-,21-,25-/m1/s1. The summed E-state index contributed by atoms with van der Waals surface area (Å²) < 4.78 is 47.0. The van der Waals surface area contributed by atoms with E-state index in [9.17, 15) is 32.9 Å². The maximum atomic E-state index is 13.0. The third kappa shape index (κ3) is 5.96. The van der Waals surface area contributed by atoms with Crippen LogP contribution in [0.1, 0.15) is 20.7 Å². The zero-order chi connectivity index (χ0) is 28.2. The highest BCUT2D eigenvalue weighted by molar-refractivity contribution is 7.86. The summed E-state index contributed by atoms with van der Waals surface area (Å²) in [6, 6.07) is 18.1. The molecule has 2 heterocycles. The Labute approximate surface area is 221 Å². The van der Waals surface area contributed by atoms with Crippen LogP contribution in [-0.2, 0) is 34.2 Å². The van der Waals surface area contributed by atoms with E-state index >= 15 is 0 Å². The molecule has 1 aliphatic rings. The fourth-order valence-electron chi connectivity index (χ4n) is 3.96. The number of nitriles is 1. The number of nitrogens with zero attached hydrogens (tertiary/aromatic N) is 2. The van der Waals surface area contributed by atoms with Gasteiger partial charge in [0, 0.05) is 12.3 Å². The van der Waals surface area contributed by atoms with E-state index in [1.54, 1.807) is 42.5 Å². The molecule has 14 heteroatoms. The molecule has 0 unspecified atom stereocenters. The number of nitrogens with one attached hydrogen (secondary N) is 1. The number of ether oxygens (including phenoxy) is 3. The van der Waals surface area contributed by atoms with Gasteiger partial charge in [0.2, 0.25) is 0 Å². The van der Waals surface area contributed by atoms with Crippen molar-refractivity contribution in [2.45, 2.75) is 24.0 Å². The molecule has 1 aliphatic heterocycles. The Hall–Kier alpha value is -4.58. The maximum Gasteiger partial charge on any atom is 0.338 e. The molecule has 1 saturated heterocycles. The number of H-pyrrole nitrogens is 1. The molecule has 0 spiro atoms. The maximum absolute atomic E-state index is 13.0. The van der Waals surface area contributed by atoms with Crippen LogP contribution in [0.2, 0.25) is 0 Å². The molecular weight excluding hydrogens is 534 g/mol. The molecule has 0 amide bonds. The van der Waals surface area contributed by atoms with Gasteiger partial charge < -0.3 is 14.2 Å². The van der Waals surface area contributed by atoms with Crippen LogP contribution >= 0.6 is 0 Å². The van der Waals surface area contributed by atoms with E-state index in [1.165, 1.54) is 24.3 Å². The monoisotopic (exact) mass is 555 g/mol. The largest absolute Gasteiger partial charge is 0.459 e. The lowest BCUT2D eigenvalue weighted by molar-refractivity contribution is -0.105. The topological polar surface area (TPSA) is 184 Å². The molecule has 1 aromatic heterocycles. The minimum atomic E-state index is -4.37. The Balaban J connectivity index is 1.78. The Morgan fingerprint density at radius 1 is 1.03 bits per heavy atom. The van der Waals surface area contributed by atoms with Crippen LogP contribution in [-0.4, -0.2) is 61.1 Å². The van der Waals surface area contributed by atoms with Gasteiger partial charge in [-0.3, -0.25) is 18.5 Å². The number of aromatic nitrogens is 2. The first kappa shape index (κ1) is 27.5. The third-order valence-electron chi connectivity index (χ3n) is 5.64. The van der Waals surface area contributed by atoms with E-state index in [4.69, 9.17) is 18.4 Å². The number of carbonyl (C=O) groups is 2. The summed E-state index contributed by atoms with van der Waals surface area (Å²) in [5.74, 6) is -1.73. The first-order valence-corrected chi connectivity index (χ1v) is 13.1. The van der Waals surface area contributed by atoms with Crippen LogP contribution in [0.15, 0.2) is 82.5 Å². The smallest absolute Gasteiger partial charge is 0.338 e. The van der Waals surface area contributed by atoms with Crippen molar-refractivity contribution in [1.82, 2.24) is 9.55 Å². The van der Waals surface area contributed by atoms with Gasteiger partial charge in [0.25, 0.3) is 21.4 Å². The average Bonchev–Trinajstić information content (AvgIpc) is 3.19. The number of carbonyl (C=O) groups excluding carboxylic acids is 2. The average molecular weight is 556 g/mol. The van der Waals surface area contributed by atoms with Gasteiger partial charge in [0.05, 0.1) is 17.4 Å². The fraction of sp³-hybridized carbons (Fsp3) is 0.240. The van der Waals surface area contributed by atoms with Gasteiger partial charge in [0.15, 0.2) is 12.2 Å². The van der Waals surface area contributed by atoms with Crippen molar-refractivity contribution >= 4 is 22.1 Å². The van der Waals surface area contributed by atoms with Gasteiger partial charge >= 0.3 is 17.6 Å². The highest BCUT2D eigenvalue weighted by atomic mass is 32.2. The van der Waals surface area contributed by atoms with E-state index in [1.807, 2.05) is 4.98 Å². The molecule has 1 fully saturated rings. The zero-order valence-electron chi connectivity index (χ0n) is 20.3. The number of hydrogen-bond donors (Lipinski definition) is 1. The highest BCUT2D eigenvalue weighted by Gasteiger charge is 2.62. The molecule has 39 heavy (non-hydrogen) atoms. The second-order valence-corrected chi connectivity index (χ2v) is 9.97. The van der Waals surface area contributed by atoms with Gasteiger partial charge in [-0.1, -0.05) is 36.4 Å². The Bertz CT molecular complexity index is 1630. The Morgan fingerprint density at radius 2 is 1.62 bits per heavy atom. The van der Waals surface area contributed by atoms with Crippen molar-refractivity contribution in [1.29, 1.82) is 5.26 Å². The molecule has 0 radical (unpaired) electrons. The number of aromatic amines is 1. The van der Waals surface area contributed by atoms with Gasteiger partial charge in [-0.25, -0.2) is 14.4 Å². The van der Waals surface area contributed by atoms with Gasteiger partial charge in [0.1, 0.15) is 18.8 Å². The molecule has 4 atom stereocenters. The van der Waals surface area contributed by atoms with Crippen molar-refractivity contribution < 1.29 is 36.4 Å². The van der Waals surface area contributed by atoms with Crippen molar-refractivity contribution in [3.8, 4) is 6.07 Å². The summed E-state index contributed by atoms with van der Waals surface area (Å²) in [7, 11) is -4.37. The number of hydrogen-bond acceptors (Lipinski definition) is 11. The van der Waals surface area contributed by atoms with Gasteiger partial charge in [-0.2, -0.15) is 13.7 Å².